The number of hydrogen-bond acceptors (Lipinski definition) is 5. The molecular weight excluding hydrogens is 350 g/mol. The smallest absolute Gasteiger partial charge is 0.245 e. The van der Waals surface area contributed by atoms with Crippen LogP contribution in [0.3, 0.4) is 0 Å². The molecule has 1 spiro atoms. The highest BCUT2D eigenvalue weighted by atomic mass is 16.5. The number of rotatable bonds is 9. The van der Waals surface area contributed by atoms with Crippen LogP contribution in [0.4, 0.5) is 0 Å². The summed E-state index contributed by atoms with van der Waals surface area (Å²) in [6.07, 6.45) is 4.01. The molecule has 0 aromatic carbocycles. The summed E-state index contributed by atoms with van der Waals surface area (Å²) in [5, 5.41) is 14.7. The molecule has 3 fully saturated rings. The zero-order valence-electron chi connectivity index (χ0n) is 16.2. The third-order valence-electron chi connectivity index (χ3n) is 6.23. The standard InChI is InChI=1S/C19H31N3O5/c1-3-4-9-21-17(25)15-19-8-7-12(27-19)13(16(24)20-2)14(19)18(26)22(15)10-5-6-11-23/h12-15,23H,3-11H2,1-2H3,(H,20,24)(H,21,25)/t12-,13+,14-,15?,19?/m0/s1. The van der Waals surface area contributed by atoms with Crippen molar-refractivity contribution in [1.82, 2.24) is 15.5 Å². The molecule has 3 rings (SSSR count). The van der Waals surface area contributed by atoms with Crippen molar-refractivity contribution in [3.8, 4) is 0 Å². The van der Waals surface area contributed by atoms with Crippen molar-refractivity contribution in [3.63, 3.8) is 0 Å². The molecule has 2 unspecified atom stereocenters. The summed E-state index contributed by atoms with van der Waals surface area (Å²) in [5.41, 5.74) is -0.908. The summed E-state index contributed by atoms with van der Waals surface area (Å²) in [6.45, 7) is 3.05. The van der Waals surface area contributed by atoms with Gasteiger partial charge in [-0.1, -0.05) is 13.3 Å². The van der Waals surface area contributed by atoms with Gasteiger partial charge in [-0.15, -0.1) is 0 Å². The minimum atomic E-state index is -0.908. The Morgan fingerprint density at radius 1 is 1.30 bits per heavy atom. The van der Waals surface area contributed by atoms with Gasteiger partial charge in [0, 0.05) is 26.7 Å². The molecule has 0 saturated carbocycles. The van der Waals surface area contributed by atoms with Gasteiger partial charge in [-0.3, -0.25) is 14.4 Å². The lowest BCUT2D eigenvalue weighted by molar-refractivity contribution is -0.142. The Kier molecular flexibility index (Phi) is 6.05. The number of carbonyl (C=O) groups excluding carboxylic acids is 3. The number of aliphatic hydroxyl groups is 1. The second-order valence-corrected chi connectivity index (χ2v) is 7.78. The fraction of sp³-hybridized carbons (Fsp3) is 0.842. The Balaban J connectivity index is 1.88. The largest absolute Gasteiger partial charge is 0.396 e. The number of hydrogen-bond donors (Lipinski definition) is 3. The highest BCUT2D eigenvalue weighted by Gasteiger charge is 2.74. The second kappa shape index (κ2) is 8.14. The zero-order valence-corrected chi connectivity index (χ0v) is 16.2. The van der Waals surface area contributed by atoms with Gasteiger partial charge in [0.2, 0.25) is 17.7 Å². The van der Waals surface area contributed by atoms with Gasteiger partial charge in [-0.2, -0.15) is 0 Å². The van der Waals surface area contributed by atoms with Gasteiger partial charge < -0.3 is 25.4 Å². The van der Waals surface area contributed by atoms with E-state index in [1.54, 1.807) is 11.9 Å². The Hall–Kier alpha value is -1.67. The summed E-state index contributed by atoms with van der Waals surface area (Å²) in [5.74, 6) is -1.69. The van der Waals surface area contributed by atoms with E-state index in [9.17, 15) is 14.4 Å². The first-order valence-corrected chi connectivity index (χ1v) is 10.1. The number of fused-ring (bicyclic) bond motifs is 1. The second-order valence-electron chi connectivity index (χ2n) is 7.78. The molecule has 0 radical (unpaired) electrons. The Morgan fingerprint density at radius 2 is 2.07 bits per heavy atom. The predicted molar refractivity (Wildman–Crippen MR) is 97.6 cm³/mol. The molecule has 8 heteroatoms. The van der Waals surface area contributed by atoms with Crippen molar-refractivity contribution in [2.24, 2.45) is 11.8 Å². The van der Waals surface area contributed by atoms with Crippen LogP contribution in [0.25, 0.3) is 0 Å². The molecule has 8 nitrogen and oxygen atoms in total. The van der Waals surface area contributed by atoms with E-state index < -0.39 is 23.5 Å². The van der Waals surface area contributed by atoms with Crippen molar-refractivity contribution in [2.75, 3.05) is 26.7 Å². The first-order valence-electron chi connectivity index (χ1n) is 10.1. The van der Waals surface area contributed by atoms with Crippen LogP contribution in [0.1, 0.15) is 45.4 Å². The maximum Gasteiger partial charge on any atom is 0.245 e. The van der Waals surface area contributed by atoms with Crippen LogP contribution in [0.5, 0.6) is 0 Å². The minimum Gasteiger partial charge on any atom is -0.396 e. The van der Waals surface area contributed by atoms with Crippen LogP contribution in [-0.4, -0.2) is 72.2 Å². The summed E-state index contributed by atoms with van der Waals surface area (Å²) in [7, 11) is 1.56. The van der Waals surface area contributed by atoms with Crippen LogP contribution in [-0.2, 0) is 19.1 Å². The molecule has 3 amide bonds. The molecule has 3 aliphatic heterocycles. The molecule has 2 bridgehead atoms. The van der Waals surface area contributed by atoms with E-state index in [1.165, 1.54) is 0 Å². The maximum atomic E-state index is 13.3. The van der Waals surface area contributed by atoms with E-state index in [1.807, 2.05) is 0 Å². The van der Waals surface area contributed by atoms with Crippen molar-refractivity contribution in [2.45, 2.75) is 63.2 Å². The van der Waals surface area contributed by atoms with Gasteiger partial charge in [0.15, 0.2) is 0 Å². The molecule has 152 valence electrons. The number of carbonyl (C=O) groups is 3. The number of likely N-dealkylation sites (tertiary alicyclic amines) is 1. The third-order valence-corrected chi connectivity index (χ3v) is 6.23. The average molecular weight is 381 g/mol. The van der Waals surface area contributed by atoms with E-state index in [2.05, 4.69) is 17.6 Å². The predicted octanol–water partition coefficient (Wildman–Crippen LogP) is -0.204. The SMILES string of the molecule is CCCCNC(=O)C1N(CCCCO)C(=O)[C@@H]2[C@H](C(=O)NC)[C@@H]3CCC12O3. The van der Waals surface area contributed by atoms with Gasteiger partial charge >= 0.3 is 0 Å². The topological polar surface area (TPSA) is 108 Å². The van der Waals surface area contributed by atoms with E-state index >= 15 is 0 Å². The van der Waals surface area contributed by atoms with Crippen LogP contribution in [0.2, 0.25) is 0 Å². The molecule has 0 aliphatic carbocycles. The Morgan fingerprint density at radius 3 is 2.74 bits per heavy atom. The zero-order chi connectivity index (χ0) is 19.6. The fourth-order valence-electron chi connectivity index (χ4n) is 5.04. The van der Waals surface area contributed by atoms with E-state index in [0.717, 1.165) is 12.8 Å². The minimum absolute atomic E-state index is 0.0450. The van der Waals surface area contributed by atoms with Gasteiger partial charge in [-0.25, -0.2) is 0 Å². The lowest BCUT2D eigenvalue weighted by Crippen LogP contribution is -2.55. The van der Waals surface area contributed by atoms with Crippen molar-refractivity contribution < 1.29 is 24.2 Å². The van der Waals surface area contributed by atoms with E-state index in [-0.39, 0.29) is 30.4 Å². The van der Waals surface area contributed by atoms with Gasteiger partial charge in [0.25, 0.3) is 0 Å². The molecule has 0 aromatic heterocycles. The van der Waals surface area contributed by atoms with Crippen molar-refractivity contribution >= 4 is 17.7 Å². The molecule has 3 saturated heterocycles. The summed E-state index contributed by atoms with van der Waals surface area (Å²) < 4.78 is 6.23. The molecular formula is C19H31N3O5. The van der Waals surface area contributed by atoms with Crippen LogP contribution in [0, 0.1) is 11.8 Å². The Bertz CT molecular complexity index is 598. The number of amides is 3. The first-order chi connectivity index (χ1) is 13.0. The van der Waals surface area contributed by atoms with E-state index in [0.29, 0.717) is 38.8 Å². The van der Waals surface area contributed by atoms with Crippen LogP contribution >= 0.6 is 0 Å². The van der Waals surface area contributed by atoms with E-state index in [4.69, 9.17) is 9.84 Å². The quantitative estimate of drug-likeness (QED) is 0.479. The Labute approximate surface area is 160 Å². The molecule has 3 N–H and O–H groups in total. The first kappa shape index (κ1) is 20.1. The normalized spacial score (nSPS) is 34.0. The van der Waals surface area contributed by atoms with Gasteiger partial charge in [0.05, 0.1) is 17.9 Å². The summed E-state index contributed by atoms with van der Waals surface area (Å²) in [6, 6.07) is -0.704. The number of aliphatic hydroxyl groups excluding tert-OH is 1. The lowest BCUT2D eigenvalue weighted by atomic mass is 9.70. The average Bonchev–Trinajstić information content (AvgIpc) is 3.29. The highest BCUT2D eigenvalue weighted by Crippen LogP contribution is 2.58. The van der Waals surface area contributed by atoms with Crippen molar-refractivity contribution in [3.05, 3.63) is 0 Å². The van der Waals surface area contributed by atoms with Gasteiger partial charge in [0.1, 0.15) is 11.6 Å². The van der Waals surface area contributed by atoms with Crippen LogP contribution in [0.15, 0.2) is 0 Å². The third kappa shape index (κ3) is 3.23. The number of nitrogens with zero attached hydrogens (tertiary/aromatic N) is 1. The molecule has 3 aliphatic rings. The number of ether oxygens (including phenoxy) is 1. The monoisotopic (exact) mass is 381 g/mol. The number of unbranched alkanes of at least 4 members (excludes halogenated alkanes) is 2. The van der Waals surface area contributed by atoms with Crippen LogP contribution < -0.4 is 10.6 Å². The molecule has 0 aromatic rings. The molecule has 3 heterocycles. The number of nitrogens with one attached hydrogen (secondary N) is 2. The molecule has 5 atom stereocenters. The lowest BCUT2D eigenvalue weighted by Gasteiger charge is -2.33. The van der Waals surface area contributed by atoms with Crippen molar-refractivity contribution in [1.29, 1.82) is 0 Å². The summed E-state index contributed by atoms with van der Waals surface area (Å²) >= 11 is 0. The summed E-state index contributed by atoms with van der Waals surface area (Å²) in [4.78, 5) is 40.4. The maximum absolute atomic E-state index is 13.3. The fourth-order valence-corrected chi connectivity index (χ4v) is 5.04. The molecule has 27 heavy (non-hydrogen) atoms. The van der Waals surface area contributed by atoms with Gasteiger partial charge in [-0.05, 0) is 32.1 Å². The highest BCUT2D eigenvalue weighted by molar-refractivity contribution is 5.98.